The number of aromatic nitrogens is 5. The van der Waals surface area contributed by atoms with Crippen LogP contribution in [0.1, 0.15) is 27.3 Å². The van der Waals surface area contributed by atoms with Crippen molar-refractivity contribution >= 4 is 21.8 Å². The molecule has 1 amide bonds. The maximum absolute atomic E-state index is 12.7. The minimum atomic E-state index is -0.249. The van der Waals surface area contributed by atoms with Crippen LogP contribution >= 0.6 is 15.9 Å². The first kappa shape index (κ1) is 19.1. The molecule has 146 valence electrons. The monoisotopic (exact) mass is 450 g/mol. The molecular formula is C21H19BrN6O. The first-order valence-electron chi connectivity index (χ1n) is 9.11. The highest BCUT2D eigenvalue weighted by molar-refractivity contribution is 9.10. The van der Waals surface area contributed by atoms with Crippen LogP contribution in [0.25, 0.3) is 5.69 Å². The molecule has 4 rings (SSSR count). The standard InChI is InChI=1S/C21H19BrN6O/c1-15-20(25-26-28(15)19-8-4-7-18(22)11-19)21(29)24-12-16-5-2-3-6-17(16)13-27-10-9-23-14-27/h2-11,14H,12-13H2,1H3,(H,24,29). The zero-order valence-electron chi connectivity index (χ0n) is 15.8. The number of amides is 1. The Morgan fingerprint density at radius 3 is 2.72 bits per heavy atom. The fourth-order valence-electron chi connectivity index (χ4n) is 3.11. The normalized spacial score (nSPS) is 10.8. The van der Waals surface area contributed by atoms with Crippen LogP contribution in [0, 0.1) is 6.92 Å². The number of carbonyl (C=O) groups is 1. The second-order valence-corrected chi connectivity index (χ2v) is 7.52. The predicted octanol–water partition coefficient (Wildman–Crippen LogP) is 3.51. The van der Waals surface area contributed by atoms with Crippen LogP contribution in [-0.2, 0) is 13.1 Å². The van der Waals surface area contributed by atoms with Crippen molar-refractivity contribution in [3.8, 4) is 5.69 Å². The summed E-state index contributed by atoms with van der Waals surface area (Å²) in [6.07, 6.45) is 5.44. The van der Waals surface area contributed by atoms with Gasteiger partial charge in [0, 0.05) is 30.0 Å². The van der Waals surface area contributed by atoms with Gasteiger partial charge in [-0.05, 0) is 36.2 Å². The molecule has 0 atom stereocenters. The SMILES string of the molecule is Cc1c(C(=O)NCc2ccccc2Cn2ccnc2)nnn1-c1cccc(Br)c1. The Bertz CT molecular complexity index is 1140. The van der Waals surface area contributed by atoms with Gasteiger partial charge in [0.15, 0.2) is 5.69 Å². The second-order valence-electron chi connectivity index (χ2n) is 6.60. The van der Waals surface area contributed by atoms with Crippen molar-refractivity contribution in [2.45, 2.75) is 20.0 Å². The Morgan fingerprint density at radius 1 is 1.14 bits per heavy atom. The molecule has 0 bridgehead atoms. The zero-order valence-corrected chi connectivity index (χ0v) is 17.4. The number of benzene rings is 2. The molecule has 0 aliphatic rings. The van der Waals surface area contributed by atoms with Crippen molar-refractivity contribution in [2.75, 3.05) is 0 Å². The Labute approximate surface area is 176 Å². The van der Waals surface area contributed by atoms with E-state index in [2.05, 4.69) is 42.6 Å². The highest BCUT2D eigenvalue weighted by atomic mass is 79.9. The molecule has 8 heteroatoms. The van der Waals surface area contributed by atoms with E-state index in [-0.39, 0.29) is 5.91 Å². The lowest BCUT2D eigenvalue weighted by Gasteiger charge is -2.11. The molecule has 7 nitrogen and oxygen atoms in total. The number of halogens is 1. The number of hydrogen-bond acceptors (Lipinski definition) is 4. The van der Waals surface area contributed by atoms with Gasteiger partial charge in [-0.25, -0.2) is 9.67 Å². The minimum absolute atomic E-state index is 0.249. The molecule has 0 spiro atoms. The molecule has 0 unspecified atom stereocenters. The molecule has 29 heavy (non-hydrogen) atoms. The van der Waals surface area contributed by atoms with Crippen LogP contribution in [-0.4, -0.2) is 30.5 Å². The summed E-state index contributed by atoms with van der Waals surface area (Å²) in [5.74, 6) is -0.249. The molecule has 2 aromatic heterocycles. The van der Waals surface area contributed by atoms with Crippen LogP contribution in [0.5, 0.6) is 0 Å². The van der Waals surface area contributed by atoms with Gasteiger partial charge in [-0.1, -0.05) is 51.5 Å². The van der Waals surface area contributed by atoms with E-state index in [1.54, 1.807) is 17.2 Å². The smallest absolute Gasteiger partial charge is 0.274 e. The van der Waals surface area contributed by atoms with Gasteiger partial charge < -0.3 is 9.88 Å². The number of carbonyl (C=O) groups excluding carboxylic acids is 1. The lowest BCUT2D eigenvalue weighted by Crippen LogP contribution is -2.25. The van der Waals surface area contributed by atoms with E-state index < -0.39 is 0 Å². The molecule has 0 radical (unpaired) electrons. The molecule has 1 N–H and O–H groups in total. The first-order chi connectivity index (χ1) is 14.1. The van der Waals surface area contributed by atoms with Crippen LogP contribution in [0.4, 0.5) is 0 Å². The third-order valence-corrected chi connectivity index (χ3v) is 5.13. The van der Waals surface area contributed by atoms with Crippen molar-refractivity contribution in [3.63, 3.8) is 0 Å². The zero-order chi connectivity index (χ0) is 20.2. The summed E-state index contributed by atoms with van der Waals surface area (Å²) in [7, 11) is 0. The van der Waals surface area contributed by atoms with Crippen LogP contribution in [0.3, 0.4) is 0 Å². The van der Waals surface area contributed by atoms with Crippen molar-refractivity contribution in [2.24, 2.45) is 0 Å². The van der Waals surface area contributed by atoms with E-state index in [1.165, 1.54) is 0 Å². The van der Waals surface area contributed by atoms with E-state index in [0.29, 0.717) is 24.5 Å². The van der Waals surface area contributed by atoms with Crippen molar-refractivity contribution in [1.82, 2.24) is 29.9 Å². The summed E-state index contributed by atoms with van der Waals surface area (Å²) in [4.78, 5) is 16.8. The topological polar surface area (TPSA) is 77.6 Å². The number of rotatable bonds is 6. The van der Waals surface area contributed by atoms with Gasteiger partial charge in [0.05, 0.1) is 17.7 Å². The largest absolute Gasteiger partial charge is 0.346 e. The Kier molecular flexibility index (Phi) is 5.53. The summed E-state index contributed by atoms with van der Waals surface area (Å²) in [5, 5.41) is 11.2. The van der Waals surface area contributed by atoms with Crippen LogP contribution in [0.2, 0.25) is 0 Å². The van der Waals surface area contributed by atoms with Gasteiger partial charge in [-0.3, -0.25) is 4.79 Å². The molecule has 0 saturated carbocycles. The van der Waals surface area contributed by atoms with Gasteiger partial charge in [-0.15, -0.1) is 5.10 Å². The third-order valence-electron chi connectivity index (χ3n) is 4.63. The summed E-state index contributed by atoms with van der Waals surface area (Å²) >= 11 is 3.45. The van der Waals surface area contributed by atoms with Crippen molar-refractivity contribution < 1.29 is 4.79 Å². The lowest BCUT2D eigenvalue weighted by molar-refractivity contribution is 0.0945. The average molecular weight is 451 g/mol. The molecule has 2 heterocycles. The van der Waals surface area contributed by atoms with Gasteiger partial charge >= 0.3 is 0 Å². The quantitative estimate of drug-likeness (QED) is 0.487. The number of hydrogen-bond donors (Lipinski definition) is 1. The van der Waals surface area contributed by atoms with E-state index in [1.807, 2.05) is 60.2 Å². The van der Waals surface area contributed by atoms with E-state index in [0.717, 1.165) is 21.3 Å². The van der Waals surface area contributed by atoms with Gasteiger partial charge in [0.2, 0.25) is 0 Å². The van der Waals surface area contributed by atoms with Crippen LogP contribution in [0.15, 0.2) is 71.7 Å². The fourth-order valence-corrected chi connectivity index (χ4v) is 3.50. The van der Waals surface area contributed by atoms with Gasteiger partial charge in [-0.2, -0.15) is 0 Å². The maximum atomic E-state index is 12.7. The Hall–Kier alpha value is -3.26. The second kappa shape index (κ2) is 8.40. The molecule has 0 aliphatic heterocycles. The number of nitrogens with zero attached hydrogens (tertiary/aromatic N) is 5. The average Bonchev–Trinajstić information content (AvgIpc) is 3.37. The highest BCUT2D eigenvalue weighted by Gasteiger charge is 2.17. The summed E-state index contributed by atoms with van der Waals surface area (Å²) in [5.41, 5.74) is 4.02. The van der Waals surface area contributed by atoms with Gasteiger partial charge in [0.1, 0.15) is 0 Å². The van der Waals surface area contributed by atoms with E-state index >= 15 is 0 Å². The number of nitrogens with one attached hydrogen (secondary N) is 1. The van der Waals surface area contributed by atoms with Gasteiger partial charge in [0.25, 0.3) is 5.91 Å². The van der Waals surface area contributed by atoms with Crippen molar-refractivity contribution in [3.05, 3.63) is 94.2 Å². The highest BCUT2D eigenvalue weighted by Crippen LogP contribution is 2.17. The Morgan fingerprint density at radius 2 is 1.97 bits per heavy atom. The van der Waals surface area contributed by atoms with Crippen LogP contribution < -0.4 is 5.32 Å². The van der Waals surface area contributed by atoms with E-state index in [4.69, 9.17) is 0 Å². The molecule has 0 fully saturated rings. The number of imidazole rings is 1. The summed E-state index contributed by atoms with van der Waals surface area (Å²) in [6, 6.07) is 15.7. The van der Waals surface area contributed by atoms with Crippen molar-refractivity contribution in [1.29, 1.82) is 0 Å². The molecule has 0 saturated heterocycles. The summed E-state index contributed by atoms with van der Waals surface area (Å²) in [6.45, 7) is 2.94. The maximum Gasteiger partial charge on any atom is 0.274 e. The first-order valence-corrected chi connectivity index (χ1v) is 9.90. The minimum Gasteiger partial charge on any atom is -0.346 e. The lowest BCUT2D eigenvalue weighted by atomic mass is 10.1. The Balaban J connectivity index is 1.49. The van der Waals surface area contributed by atoms with E-state index in [9.17, 15) is 4.79 Å². The fraction of sp³-hybridized carbons (Fsp3) is 0.143. The third kappa shape index (κ3) is 4.27. The molecule has 4 aromatic rings. The molecule has 0 aliphatic carbocycles. The molecular weight excluding hydrogens is 432 g/mol. The summed E-state index contributed by atoms with van der Waals surface area (Å²) < 4.78 is 4.59. The molecule has 2 aromatic carbocycles. The predicted molar refractivity (Wildman–Crippen MR) is 113 cm³/mol.